The van der Waals surface area contributed by atoms with E-state index in [1.807, 2.05) is 0 Å². The van der Waals surface area contributed by atoms with E-state index in [9.17, 15) is 0 Å². The lowest BCUT2D eigenvalue weighted by Gasteiger charge is -2.20. The van der Waals surface area contributed by atoms with E-state index in [2.05, 4.69) is 56.2 Å². The second-order valence-electron chi connectivity index (χ2n) is 7.40. The average Bonchev–Trinajstić information content (AvgIpc) is 2.41. The van der Waals surface area contributed by atoms with Crippen molar-refractivity contribution < 1.29 is 0 Å². The van der Waals surface area contributed by atoms with Gasteiger partial charge in [0.1, 0.15) is 0 Å². The van der Waals surface area contributed by atoms with Crippen LogP contribution in [0, 0.1) is 5.92 Å². The van der Waals surface area contributed by atoms with Crippen molar-refractivity contribution in [3.63, 3.8) is 0 Å². The van der Waals surface area contributed by atoms with Crippen LogP contribution in [-0.2, 0) is 0 Å². The molecule has 0 saturated heterocycles. The minimum atomic E-state index is 0.401. The third-order valence-corrected chi connectivity index (χ3v) is 7.28. The molecule has 0 aromatic heterocycles. The summed E-state index contributed by atoms with van der Waals surface area (Å²) in [5.41, 5.74) is 0. The van der Waals surface area contributed by atoms with Crippen LogP contribution in [0.1, 0.15) is 105 Å². The fraction of sp³-hybridized carbons (Fsp3) is 1.00. The second kappa shape index (κ2) is 14.3. The van der Waals surface area contributed by atoms with Crippen LogP contribution in [0.25, 0.3) is 0 Å². The molecular weight excluding hydrogens is 292 g/mol. The fourth-order valence-corrected chi connectivity index (χ4v) is 5.30. The summed E-state index contributed by atoms with van der Waals surface area (Å²) in [6.45, 7) is 11.6. The Labute approximate surface area is 143 Å². The van der Waals surface area contributed by atoms with Gasteiger partial charge in [0, 0.05) is 10.5 Å². The van der Waals surface area contributed by atoms with Gasteiger partial charge in [-0.1, -0.05) is 114 Å². The smallest absolute Gasteiger partial charge is 0.0179 e. The van der Waals surface area contributed by atoms with Crippen LogP contribution in [0.3, 0.4) is 0 Å². The zero-order valence-electron chi connectivity index (χ0n) is 15.4. The van der Waals surface area contributed by atoms with E-state index in [0.29, 0.717) is 4.75 Å². The van der Waals surface area contributed by atoms with Crippen molar-refractivity contribution in [3.05, 3.63) is 0 Å². The Kier molecular flexibility index (Phi) is 14.8. The molecule has 0 saturated carbocycles. The van der Waals surface area contributed by atoms with Crippen LogP contribution in [0.15, 0.2) is 0 Å². The van der Waals surface area contributed by atoms with Crippen LogP contribution in [0.5, 0.6) is 0 Å². The summed E-state index contributed by atoms with van der Waals surface area (Å²) >= 11 is 0. The average molecular weight is 333 g/mol. The molecule has 0 aromatic carbocycles. The van der Waals surface area contributed by atoms with Gasteiger partial charge >= 0.3 is 0 Å². The van der Waals surface area contributed by atoms with E-state index in [1.54, 1.807) is 0 Å². The van der Waals surface area contributed by atoms with Gasteiger partial charge in [-0.2, -0.15) is 0 Å². The van der Waals surface area contributed by atoms with Crippen LogP contribution < -0.4 is 0 Å². The van der Waals surface area contributed by atoms with Crippen molar-refractivity contribution in [2.24, 2.45) is 5.92 Å². The molecule has 0 nitrogen and oxygen atoms in total. The highest BCUT2D eigenvalue weighted by Gasteiger charge is 2.14. The Bertz CT molecular complexity index is 208. The number of rotatable bonds is 14. The molecule has 0 aromatic rings. The molecule has 0 aliphatic heterocycles. The molecule has 21 heavy (non-hydrogen) atoms. The molecule has 0 fully saturated rings. The molecule has 0 radical (unpaired) electrons. The molecule has 1 atom stereocenters. The van der Waals surface area contributed by atoms with E-state index in [4.69, 9.17) is 0 Å². The third-order valence-electron chi connectivity index (χ3n) is 3.79. The van der Waals surface area contributed by atoms with Crippen LogP contribution in [-0.4, -0.2) is 10.5 Å². The maximum absolute atomic E-state index is 2.33. The predicted octanol–water partition coefficient (Wildman–Crippen LogP) is 8.11. The van der Waals surface area contributed by atoms with Crippen molar-refractivity contribution in [3.8, 4) is 0 Å². The highest BCUT2D eigenvalue weighted by atomic mass is 33.1. The Morgan fingerprint density at radius 3 is 1.67 bits per heavy atom. The maximum atomic E-state index is 2.33. The largest absolute Gasteiger partial charge is 0.0933 e. The Hall–Kier alpha value is 0.700. The topological polar surface area (TPSA) is 0 Å². The first-order chi connectivity index (χ1) is 9.99. The molecule has 2 heteroatoms. The normalized spacial score (nSPS) is 13.6. The Morgan fingerprint density at radius 1 is 0.714 bits per heavy atom. The van der Waals surface area contributed by atoms with Gasteiger partial charge in [-0.3, -0.25) is 0 Å². The molecule has 1 unspecified atom stereocenters. The minimum absolute atomic E-state index is 0.401. The Balaban J connectivity index is 3.85. The fourth-order valence-electron chi connectivity index (χ4n) is 2.51. The van der Waals surface area contributed by atoms with E-state index in [0.717, 1.165) is 5.92 Å². The second-order valence-corrected chi connectivity index (χ2v) is 10.6. The SMILES string of the molecule is CCCCCCCC(CCCCCC)CSSC(C)(C)C. The summed E-state index contributed by atoms with van der Waals surface area (Å²) in [6.07, 6.45) is 15.8. The highest BCUT2D eigenvalue weighted by molar-refractivity contribution is 8.77. The molecule has 128 valence electrons. The Morgan fingerprint density at radius 2 is 1.19 bits per heavy atom. The van der Waals surface area contributed by atoms with E-state index in [-0.39, 0.29) is 0 Å². The molecule has 0 N–H and O–H groups in total. The van der Waals surface area contributed by atoms with Crippen molar-refractivity contribution >= 4 is 21.6 Å². The van der Waals surface area contributed by atoms with Gasteiger partial charge in [0.05, 0.1) is 0 Å². The summed E-state index contributed by atoms with van der Waals surface area (Å²) in [7, 11) is 4.19. The van der Waals surface area contributed by atoms with Crippen LogP contribution >= 0.6 is 21.6 Å². The molecule has 0 heterocycles. The highest BCUT2D eigenvalue weighted by Crippen LogP contribution is 2.37. The lowest BCUT2D eigenvalue weighted by Crippen LogP contribution is -2.08. The quantitative estimate of drug-likeness (QED) is 0.233. The van der Waals surface area contributed by atoms with Gasteiger partial charge in [0.2, 0.25) is 0 Å². The number of hydrogen-bond donors (Lipinski definition) is 0. The molecule has 0 spiro atoms. The first kappa shape index (κ1) is 21.7. The summed E-state index contributed by atoms with van der Waals surface area (Å²) in [6, 6.07) is 0. The first-order valence-electron chi connectivity index (χ1n) is 9.30. The van der Waals surface area contributed by atoms with E-state index < -0.39 is 0 Å². The summed E-state index contributed by atoms with van der Waals surface area (Å²) in [5, 5.41) is 0. The summed E-state index contributed by atoms with van der Waals surface area (Å²) in [5.74, 6) is 2.32. The van der Waals surface area contributed by atoms with Gasteiger partial charge in [-0.25, -0.2) is 0 Å². The number of unbranched alkanes of at least 4 members (excludes halogenated alkanes) is 7. The molecule has 0 aliphatic carbocycles. The number of hydrogen-bond acceptors (Lipinski definition) is 2. The van der Waals surface area contributed by atoms with E-state index >= 15 is 0 Å². The molecule has 0 rings (SSSR count). The van der Waals surface area contributed by atoms with E-state index in [1.165, 1.54) is 76.4 Å². The van der Waals surface area contributed by atoms with Crippen molar-refractivity contribution in [2.75, 3.05) is 5.75 Å². The van der Waals surface area contributed by atoms with Gasteiger partial charge in [0.15, 0.2) is 0 Å². The zero-order valence-corrected chi connectivity index (χ0v) is 17.0. The zero-order chi connectivity index (χ0) is 16.0. The van der Waals surface area contributed by atoms with Crippen molar-refractivity contribution in [2.45, 2.75) is 110 Å². The van der Waals surface area contributed by atoms with Crippen LogP contribution in [0.2, 0.25) is 0 Å². The minimum Gasteiger partial charge on any atom is -0.0933 e. The lowest BCUT2D eigenvalue weighted by molar-refractivity contribution is 0.441. The maximum Gasteiger partial charge on any atom is 0.0179 e. The monoisotopic (exact) mass is 332 g/mol. The van der Waals surface area contributed by atoms with Crippen LogP contribution in [0.4, 0.5) is 0 Å². The third kappa shape index (κ3) is 16.9. The summed E-state index contributed by atoms with van der Waals surface area (Å²) in [4.78, 5) is 0. The predicted molar refractivity (Wildman–Crippen MR) is 105 cm³/mol. The molecular formula is C19H40S2. The van der Waals surface area contributed by atoms with Gasteiger partial charge in [0.25, 0.3) is 0 Å². The van der Waals surface area contributed by atoms with Gasteiger partial charge in [-0.15, -0.1) is 0 Å². The van der Waals surface area contributed by atoms with Gasteiger partial charge < -0.3 is 0 Å². The van der Waals surface area contributed by atoms with Crippen molar-refractivity contribution in [1.82, 2.24) is 0 Å². The molecule has 0 amide bonds. The standard InChI is InChI=1S/C19H40S2/c1-6-8-10-12-14-16-18(15-13-11-9-7-2)17-20-21-19(3,4)5/h18H,6-17H2,1-5H3. The summed E-state index contributed by atoms with van der Waals surface area (Å²) < 4.78 is 0.401. The first-order valence-corrected chi connectivity index (χ1v) is 11.6. The molecule has 0 aliphatic rings. The molecule has 0 bridgehead atoms. The lowest BCUT2D eigenvalue weighted by atomic mass is 9.96. The van der Waals surface area contributed by atoms with Gasteiger partial charge in [-0.05, 0) is 18.8 Å². The van der Waals surface area contributed by atoms with Crippen molar-refractivity contribution in [1.29, 1.82) is 0 Å².